The highest BCUT2D eigenvalue weighted by atomic mass is 16.5. The van der Waals surface area contributed by atoms with Crippen molar-refractivity contribution in [3.8, 4) is 5.75 Å². The number of tetrazole rings is 1. The third kappa shape index (κ3) is 5.76. The van der Waals surface area contributed by atoms with E-state index in [1.807, 2.05) is 41.2 Å². The van der Waals surface area contributed by atoms with Crippen LogP contribution in [-0.2, 0) is 19.5 Å². The van der Waals surface area contributed by atoms with Gasteiger partial charge in [-0.1, -0.05) is 44.0 Å². The summed E-state index contributed by atoms with van der Waals surface area (Å²) < 4.78 is 7.36. The van der Waals surface area contributed by atoms with Gasteiger partial charge in [0.2, 0.25) is 0 Å². The number of aromatic nitrogens is 6. The summed E-state index contributed by atoms with van der Waals surface area (Å²) in [5.41, 5.74) is 4.64. The van der Waals surface area contributed by atoms with Crippen molar-refractivity contribution in [3.63, 3.8) is 0 Å². The van der Waals surface area contributed by atoms with Gasteiger partial charge in [-0.05, 0) is 88.2 Å². The van der Waals surface area contributed by atoms with E-state index in [0.29, 0.717) is 24.5 Å². The van der Waals surface area contributed by atoms with E-state index < -0.39 is 6.04 Å². The van der Waals surface area contributed by atoms with Gasteiger partial charge in [0.1, 0.15) is 11.8 Å². The molecule has 3 aromatic heterocycles. The molecular formula is C32H35N7O2. The van der Waals surface area contributed by atoms with Crippen molar-refractivity contribution in [2.75, 3.05) is 7.11 Å². The molecule has 1 atom stereocenters. The molecule has 1 N–H and O–H groups in total. The van der Waals surface area contributed by atoms with Gasteiger partial charge < -0.3 is 9.72 Å². The fraction of sp³-hybridized carbons (Fsp3) is 0.344. The number of hydrogen-bond acceptors (Lipinski definition) is 7. The Kier molecular flexibility index (Phi) is 7.86. The van der Waals surface area contributed by atoms with Crippen LogP contribution in [0.2, 0.25) is 0 Å². The Hall–Kier alpha value is -4.37. The molecule has 1 aliphatic carbocycles. The van der Waals surface area contributed by atoms with Gasteiger partial charge >= 0.3 is 0 Å². The van der Waals surface area contributed by atoms with Crippen LogP contribution in [0.4, 0.5) is 0 Å². The number of H-pyrrole nitrogens is 1. The molecule has 5 aromatic rings. The molecule has 0 saturated heterocycles. The van der Waals surface area contributed by atoms with Crippen LogP contribution in [0.15, 0.2) is 77.9 Å². The summed E-state index contributed by atoms with van der Waals surface area (Å²) in [5, 5.41) is 14.2. The molecule has 0 bridgehead atoms. The minimum Gasteiger partial charge on any atom is -0.497 e. The Balaban J connectivity index is 1.52. The number of aryl methyl sites for hydroxylation is 1. The number of hydrogen-bond donors (Lipinski definition) is 1. The maximum Gasteiger partial charge on any atom is 0.253 e. The van der Waals surface area contributed by atoms with E-state index in [2.05, 4.69) is 67.6 Å². The maximum atomic E-state index is 13.9. The summed E-state index contributed by atoms with van der Waals surface area (Å²) in [7, 11) is 1.67. The van der Waals surface area contributed by atoms with E-state index in [4.69, 9.17) is 4.74 Å². The lowest BCUT2D eigenvalue weighted by Gasteiger charge is -2.32. The van der Waals surface area contributed by atoms with E-state index >= 15 is 0 Å². The number of methoxy groups -OCH3 is 1. The van der Waals surface area contributed by atoms with Crippen LogP contribution >= 0.6 is 0 Å². The van der Waals surface area contributed by atoms with Gasteiger partial charge in [-0.15, -0.1) is 5.10 Å². The molecule has 6 rings (SSSR count). The molecule has 41 heavy (non-hydrogen) atoms. The first-order valence-corrected chi connectivity index (χ1v) is 14.3. The summed E-state index contributed by atoms with van der Waals surface area (Å²) in [4.78, 5) is 23.6. The normalized spacial score (nSPS) is 14.6. The molecule has 0 amide bonds. The molecule has 1 fully saturated rings. The summed E-state index contributed by atoms with van der Waals surface area (Å²) in [6.45, 7) is 3.25. The molecule has 9 nitrogen and oxygen atoms in total. The molecule has 0 radical (unpaired) electrons. The lowest BCUT2D eigenvalue weighted by molar-refractivity contribution is 0.190. The molecule has 1 saturated carbocycles. The highest BCUT2D eigenvalue weighted by Crippen LogP contribution is 2.35. The first-order chi connectivity index (χ1) is 20.1. The van der Waals surface area contributed by atoms with Gasteiger partial charge in [-0.3, -0.25) is 14.7 Å². The number of pyridine rings is 2. The van der Waals surface area contributed by atoms with Crippen LogP contribution in [-0.4, -0.2) is 42.2 Å². The van der Waals surface area contributed by atoms with Crippen molar-refractivity contribution >= 4 is 10.9 Å². The third-order valence-corrected chi connectivity index (χ3v) is 8.09. The number of aromatic amines is 1. The van der Waals surface area contributed by atoms with Crippen molar-refractivity contribution < 1.29 is 4.74 Å². The lowest BCUT2D eigenvalue weighted by atomic mass is 10.00. The average molecular weight is 550 g/mol. The molecule has 9 heteroatoms. The van der Waals surface area contributed by atoms with Crippen LogP contribution < -0.4 is 10.3 Å². The van der Waals surface area contributed by atoms with Crippen LogP contribution in [0.25, 0.3) is 10.9 Å². The van der Waals surface area contributed by atoms with E-state index in [0.717, 1.165) is 59.9 Å². The van der Waals surface area contributed by atoms with Crippen molar-refractivity contribution in [2.24, 2.45) is 0 Å². The number of nitrogens with one attached hydrogen (secondary N) is 1. The standard InChI is InChI=1S/C32H35N7O2/c1-3-22-12-15-29-25(17-22)18-28(32(40)34-29)30(31-35-36-37-39(31)26-8-4-5-9-26)38(21-24-7-6-16-33-19-24)20-23-10-13-27(41-2)14-11-23/h6-7,10-19,26,30H,3-5,8-9,20-21H2,1-2H3,(H,34,40). The Bertz CT molecular complexity index is 1660. The van der Waals surface area contributed by atoms with E-state index in [9.17, 15) is 4.79 Å². The van der Waals surface area contributed by atoms with Crippen LogP contribution in [0.5, 0.6) is 5.75 Å². The highest BCUT2D eigenvalue weighted by molar-refractivity contribution is 5.80. The predicted octanol–water partition coefficient (Wildman–Crippen LogP) is 5.39. The van der Waals surface area contributed by atoms with Crippen LogP contribution in [0, 0.1) is 0 Å². The zero-order valence-corrected chi connectivity index (χ0v) is 23.5. The zero-order valence-electron chi connectivity index (χ0n) is 23.5. The topological polar surface area (TPSA) is 102 Å². The van der Waals surface area contributed by atoms with Crippen molar-refractivity contribution in [1.29, 1.82) is 0 Å². The van der Waals surface area contributed by atoms with Gasteiger partial charge in [-0.2, -0.15) is 0 Å². The molecule has 1 aliphatic rings. The van der Waals surface area contributed by atoms with E-state index in [1.165, 1.54) is 5.56 Å². The average Bonchev–Trinajstić information content (AvgIpc) is 3.71. The summed E-state index contributed by atoms with van der Waals surface area (Å²) in [6, 6.07) is 20.0. The summed E-state index contributed by atoms with van der Waals surface area (Å²) in [5.74, 6) is 1.48. The van der Waals surface area contributed by atoms with Gasteiger partial charge in [-0.25, -0.2) is 4.68 Å². The van der Waals surface area contributed by atoms with Crippen LogP contribution in [0.3, 0.4) is 0 Å². The largest absolute Gasteiger partial charge is 0.497 e. The Morgan fingerprint density at radius 3 is 2.54 bits per heavy atom. The molecule has 1 unspecified atom stereocenters. The summed E-state index contributed by atoms with van der Waals surface area (Å²) in [6.07, 6.45) is 8.91. The molecule has 2 aromatic carbocycles. The van der Waals surface area contributed by atoms with Gasteiger partial charge in [0, 0.05) is 36.6 Å². The van der Waals surface area contributed by atoms with Crippen molar-refractivity contribution in [3.05, 3.63) is 111 Å². The number of ether oxygens (including phenoxy) is 1. The van der Waals surface area contributed by atoms with E-state index in [-0.39, 0.29) is 11.6 Å². The quantitative estimate of drug-likeness (QED) is 0.249. The second-order valence-electron chi connectivity index (χ2n) is 10.8. The van der Waals surface area contributed by atoms with Gasteiger partial charge in [0.25, 0.3) is 5.56 Å². The second-order valence-corrected chi connectivity index (χ2v) is 10.8. The first kappa shape index (κ1) is 26.8. The first-order valence-electron chi connectivity index (χ1n) is 14.3. The molecular weight excluding hydrogens is 514 g/mol. The SMILES string of the molecule is CCc1ccc2[nH]c(=O)c(C(c3nnnn3C3CCCC3)N(Cc3ccc(OC)cc3)Cc3cccnc3)cc2c1. The predicted molar refractivity (Wildman–Crippen MR) is 158 cm³/mol. The highest BCUT2D eigenvalue weighted by Gasteiger charge is 2.33. The monoisotopic (exact) mass is 549 g/mol. The Morgan fingerprint density at radius 1 is 1.02 bits per heavy atom. The summed E-state index contributed by atoms with van der Waals surface area (Å²) >= 11 is 0. The zero-order chi connectivity index (χ0) is 28.2. The minimum atomic E-state index is -0.494. The minimum absolute atomic E-state index is 0.140. The fourth-order valence-electron chi connectivity index (χ4n) is 5.91. The van der Waals surface area contributed by atoms with Crippen LogP contribution in [0.1, 0.15) is 72.8 Å². The Morgan fingerprint density at radius 2 is 1.80 bits per heavy atom. The van der Waals surface area contributed by atoms with E-state index in [1.54, 1.807) is 13.3 Å². The smallest absolute Gasteiger partial charge is 0.253 e. The lowest BCUT2D eigenvalue weighted by Crippen LogP contribution is -2.35. The maximum absolute atomic E-state index is 13.9. The third-order valence-electron chi connectivity index (χ3n) is 8.09. The number of nitrogens with zero attached hydrogens (tertiary/aromatic N) is 6. The molecule has 210 valence electrons. The number of fused-ring (bicyclic) bond motifs is 1. The Labute approximate surface area is 239 Å². The molecule has 0 aliphatic heterocycles. The number of benzene rings is 2. The number of rotatable bonds is 10. The van der Waals surface area contributed by atoms with Gasteiger partial charge in [0.15, 0.2) is 5.82 Å². The second kappa shape index (κ2) is 12.0. The van der Waals surface area contributed by atoms with Crippen molar-refractivity contribution in [1.82, 2.24) is 35.1 Å². The molecule has 0 spiro atoms. The molecule has 3 heterocycles. The fourth-order valence-corrected chi connectivity index (χ4v) is 5.91. The van der Waals surface area contributed by atoms with Crippen molar-refractivity contribution in [2.45, 2.75) is 64.2 Å². The van der Waals surface area contributed by atoms with Gasteiger partial charge in [0.05, 0.1) is 13.2 Å².